The average Bonchev–Trinajstić information content (AvgIpc) is 3.38. The molecule has 0 saturated heterocycles. The third kappa shape index (κ3) is 3.92. The van der Waals surface area contributed by atoms with Crippen molar-refractivity contribution in [2.45, 2.75) is 44.7 Å². The molecule has 1 aliphatic rings. The topological polar surface area (TPSA) is 68.8 Å². The number of nitrogens with zero attached hydrogens (tertiary/aromatic N) is 6. The van der Waals surface area contributed by atoms with Crippen molar-refractivity contribution in [3.63, 3.8) is 0 Å². The summed E-state index contributed by atoms with van der Waals surface area (Å²) in [5.41, 5.74) is 2.64. The Morgan fingerprint density at radius 1 is 1.19 bits per heavy atom. The number of rotatable bonds is 5. The Balaban J connectivity index is 1.62. The van der Waals surface area contributed by atoms with E-state index in [-0.39, 0.29) is 11.9 Å². The van der Waals surface area contributed by atoms with Crippen molar-refractivity contribution in [1.29, 1.82) is 0 Å². The van der Waals surface area contributed by atoms with Crippen LogP contribution in [0.1, 0.15) is 48.0 Å². The molecule has 0 radical (unpaired) electrons. The molecule has 7 heteroatoms. The molecule has 0 N–H and O–H groups in total. The standard InChI is InChI=1S/C20H24N6O/c1-24-12-16(11-23-24)13-26(18-7-3-2-4-8-18)20(27)17-6-5-9-19(10-17)25-14-21-22-15-25/h5-6,9-12,14-15,18H,2-4,7-8,13H2,1H3. The van der Waals surface area contributed by atoms with Crippen LogP contribution in [0.5, 0.6) is 0 Å². The predicted octanol–water partition coefficient (Wildman–Crippen LogP) is 2.98. The summed E-state index contributed by atoms with van der Waals surface area (Å²) in [5.74, 6) is 0.0701. The van der Waals surface area contributed by atoms with Gasteiger partial charge in [0, 0.05) is 42.6 Å². The molecule has 1 saturated carbocycles. The van der Waals surface area contributed by atoms with Gasteiger partial charge < -0.3 is 4.90 Å². The highest BCUT2D eigenvalue weighted by Crippen LogP contribution is 2.26. The molecule has 1 fully saturated rings. The van der Waals surface area contributed by atoms with Crippen LogP contribution in [0, 0.1) is 0 Å². The van der Waals surface area contributed by atoms with Gasteiger partial charge in [0.15, 0.2) is 0 Å². The predicted molar refractivity (Wildman–Crippen MR) is 101 cm³/mol. The first-order chi connectivity index (χ1) is 13.2. The molecule has 140 valence electrons. The highest BCUT2D eigenvalue weighted by Gasteiger charge is 2.27. The zero-order valence-corrected chi connectivity index (χ0v) is 15.5. The summed E-state index contributed by atoms with van der Waals surface area (Å²) in [6, 6.07) is 7.93. The molecule has 2 heterocycles. The quantitative estimate of drug-likeness (QED) is 0.698. The average molecular weight is 364 g/mol. The lowest BCUT2D eigenvalue weighted by atomic mass is 9.93. The zero-order chi connectivity index (χ0) is 18.6. The van der Waals surface area contributed by atoms with Gasteiger partial charge in [-0.05, 0) is 31.0 Å². The van der Waals surface area contributed by atoms with Gasteiger partial charge >= 0.3 is 0 Å². The van der Waals surface area contributed by atoms with Crippen LogP contribution in [-0.2, 0) is 13.6 Å². The lowest BCUT2D eigenvalue weighted by Crippen LogP contribution is -2.41. The van der Waals surface area contributed by atoms with Gasteiger partial charge in [0.05, 0.1) is 6.20 Å². The molecule has 2 aromatic heterocycles. The zero-order valence-electron chi connectivity index (χ0n) is 15.5. The van der Waals surface area contributed by atoms with Crippen molar-refractivity contribution in [1.82, 2.24) is 29.4 Å². The minimum Gasteiger partial charge on any atom is -0.331 e. The van der Waals surface area contributed by atoms with E-state index in [0.717, 1.165) is 24.1 Å². The molecule has 0 spiro atoms. The second-order valence-electron chi connectivity index (χ2n) is 7.17. The molecule has 0 unspecified atom stereocenters. The van der Waals surface area contributed by atoms with Gasteiger partial charge in [-0.3, -0.25) is 14.0 Å². The fraction of sp³-hybridized carbons (Fsp3) is 0.400. The summed E-state index contributed by atoms with van der Waals surface area (Å²) in [7, 11) is 1.90. The van der Waals surface area contributed by atoms with Gasteiger partial charge in [0.25, 0.3) is 5.91 Å². The van der Waals surface area contributed by atoms with Crippen LogP contribution in [0.4, 0.5) is 0 Å². The summed E-state index contributed by atoms with van der Waals surface area (Å²) in [6.07, 6.45) is 12.9. The number of carbonyl (C=O) groups excluding carboxylic acids is 1. The van der Waals surface area contributed by atoms with E-state index in [1.807, 2.05) is 53.2 Å². The van der Waals surface area contributed by atoms with Gasteiger partial charge in [-0.1, -0.05) is 25.3 Å². The number of amides is 1. The second-order valence-corrected chi connectivity index (χ2v) is 7.17. The minimum absolute atomic E-state index is 0.0701. The number of hydrogen-bond acceptors (Lipinski definition) is 4. The Morgan fingerprint density at radius 3 is 2.67 bits per heavy atom. The minimum atomic E-state index is 0.0701. The fourth-order valence-electron chi connectivity index (χ4n) is 3.81. The highest BCUT2D eigenvalue weighted by molar-refractivity contribution is 5.95. The monoisotopic (exact) mass is 364 g/mol. The van der Waals surface area contributed by atoms with E-state index in [9.17, 15) is 4.79 Å². The van der Waals surface area contributed by atoms with Crippen LogP contribution in [-0.4, -0.2) is 41.4 Å². The van der Waals surface area contributed by atoms with Crippen LogP contribution in [0.15, 0.2) is 49.3 Å². The maximum Gasteiger partial charge on any atom is 0.254 e. The summed E-state index contributed by atoms with van der Waals surface area (Å²) in [5, 5.41) is 12.0. The van der Waals surface area contributed by atoms with Gasteiger partial charge in [-0.2, -0.15) is 5.10 Å². The third-order valence-electron chi connectivity index (χ3n) is 5.20. The molecule has 0 atom stereocenters. The molecule has 0 bridgehead atoms. The van der Waals surface area contributed by atoms with Crippen molar-refractivity contribution < 1.29 is 4.79 Å². The Bertz CT molecular complexity index is 895. The SMILES string of the molecule is Cn1cc(CN(C(=O)c2cccc(-n3cnnc3)c2)C2CCCCC2)cn1. The van der Waals surface area contributed by atoms with Crippen molar-refractivity contribution in [2.24, 2.45) is 7.05 Å². The van der Waals surface area contributed by atoms with Gasteiger partial charge in [-0.25, -0.2) is 0 Å². The highest BCUT2D eigenvalue weighted by atomic mass is 16.2. The van der Waals surface area contributed by atoms with Gasteiger partial charge in [-0.15, -0.1) is 10.2 Å². The lowest BCUT2D eigenvalue weighted by Gasteiger charge is -2.34. The van der Waals surface area contributed by atoms with Crippen molar-refractivity contribution in [2.75, 3.05) is 0 Å². The molecule has 1 aromatic carbocycles. The molecule has 1 aliphatic carbocycles. The van der Waals surface area contributed by atoms with E-state index in [2.05, 4.69) is 15.3 Å². The first-order valence-electron chi connectivity index (χ1n) is 9.44. The molecular formula is C20H24N6O. The summed E-state index contributed by atoms with van der Waals surface area (Å²) in [6.45, 7) is 0.591. The Morgan fingerprint density at radius 2 is 1.96 bits per heavy atom. The maximum atomic E-state index is 13.4. The van der Waals surface area contributed by atoms with Gasteiger partial charge in [0.2, 0.25) is 0 Å². The van der Waals surface area contributed by atoms with Crippen molar-refractivity contribution in [3.8, 4) is 5.69 Å². The van der Waals surface area contributed by atoms with E-state index in [0.29, 0.717) is 12.1 Å². The summed E-state index contributed by atoms with van der Waals surface area (Å²) in [4.78, 5) is 15.5. The van der Waals surface area contributed by atoms with Crippen molar-refractivity contribution in [3.05, 3.63) is 60.4 Å². The largest absolute Gasteiger partial charge is 0.331 e. The Labute approximate surface area is 158 Å². The third-order valence-corrected chi connectivity index (χ3v) is 5.20. The Hall–Kier alpha value is -2.96. The number of hydrogen-bond donors (Lipinski definition) is 0. The maximum absolute atomic E-state index is 13.4. The molecular weight excluding hydrogens is 340 g/mol. The first-order valence-corrected chi connectivity index (χ1v) is 9.44. The van der Waals surface area contributed by atoms with E-state index in [1.165, 1.54) is 19.3 Å². The van der Waals surface area contributed by atoms with E-state index >= 15 is 0 Å². The first kappa shape index (κ1) is 17.5. The smallest absolute Gasteiger partial charge is 0.254 e. The van der Waals surface area contributed by atoms with Crippen LogP contribution >= 0.6 is 0 Å². The van der Waals surface area contributed by atoms with Crippen LogP contribution in [0.2, 0.25) is 0 Å². The van der Waals surface area contributed by atoms with Crippen LogP contribution < -0.4 is 0 Å². The second kappa shape index (κ2) is 7.73. The Kier molecular flexibility index (Phi) is 5.00. The summed E-state index contributed by atoms with van der Waals surface area (Å²) >= 11 is 0. The number of carbonyl (C=O) groups is 1. The van der Waals surface area contributed by atoms with E-state index in [1.54, 1.807) is 17.3 Å². The van der Waals surface area contributed by atoms with Crippen molar-refractivity contribution >= 4 is 5.91 Å². The lowest BCUT2D eigenvalue weighted by molar-refractivity contribution is 0.0614. The molecule has 3 aromatic rings. The van der Waals surface area contributed by atoms with Crippen LogP contribution in [0.3, 0.4) is 0 Å². The number of aromatic nitrogens is 5. The molecule has 7 nitrogen and oxygen atoms in total. The molecule has 27 heavy (non-hydrogen) atoms. The molecule has 4 rings (SSSR count). The number of aryl methyl sites for hydroxylation is 1. The van der Waals surface area contributed by atoms with E-state index in [4.69, 9.17) is 0 Å². The normalized spacial score (nSPS) is 15.0. The summed E-state index contributed by atoms with van der Waals surface area (Å²) < 4.78 is 3.59. The van der Waals surface area contributed by atoms with E-state index < -0.39 is 0 Å². The van der Waals surface area contributed by atoms with Crippen LogP contribution in [0.25, 0.3) is 5.69 Å². The van der Waals surface area contributed by atoms with Gasteiger partial charge in [0.1, 0.15) is 12.7 Å². The molecule has 1 amide bonds. The fourth-order valence-corrected chi connectivity index (χ4v) is 3.81. The molecule has 0 aliphatic heterocycles. The number of benzene rings is 1.